The number of hydrogen-bond donors (Lipinski definition) is 0. The second-order valence-electron chi connectivity index (χ2n) is 7.78. The van der Waals surface area contributed by atoms with Crippen LogP contribution in [0.3, 0.4) is 0 Å². The van der Waals surface area contributed by atoms with Crippen LogP contribution in [0.15, 0.2) is 96.1 Å². The summed E-state index contributed by atoms with van der Waals surface area (Å²) in [6.45, 7) is 6.19. The van der Waals surface area contributed by atoms with Gasteiger partial charge >= 0.3 is 6.18 Å². The van der Waals surface area contributed by atoms with Crippen molar-refractivity contribution in [3.8, 4) is 11.5 Å². The summed E-state index contributed by atoms with van der Waals surface area (Å²) in [6.07, 6.45) is -1.29. The summed E-state index contributed by atoms with van der Waals surface area (Å²) < 4.78 is 51.2. The van der Waals surface area contributed by atoms with Crippen molar-refractivity contribution in [2.75, 3.05) is 18.2 Å². The Hall–Kier alpha value is -4.33. The van der Waals surface area contributed by atoms with Gasteiger partial charge in [-0.3, -0.25) is 4.79 Å². The van der Waals surface area contributed by atoms with Gasteiger partial charge in [0.25, 0.3) is 5.91 Å². The van der Waals surface area contributed by atoms with Gasteiger partial charge in [-0.25, -0.2) is 0 Å². The lowest BCUT2D eigenvalue weighted by Gasteiger charge is -2.14. The molecular formula is C28H23F3N2O3. The molecule has 3 aromatic rings. The first-order valence-electron chi connectivity index (χ1n) is 11.2. The maximum atomic E-state index is 13.5. The zero-order valence-electron chi connectivity index (χ0n) is 19.5. The number of benzene rings is 3. The molecule has 0 aliphatic carbocycles. The molecule has 0 fully saturated rings. The van der Waals surface area contributed by atoms with Gasteiger partial charge in [0.2, 0.25) is 0 Å². The molecule has 8 heteroatoms. The highest BCUT2D eigenvalue weighted by Gasteiger charge is 2.35. The molecule has 0 unspecified atom stereocenters. The van der Waals surface area contributed by atoms with Crippen molar-refractivity contribution in [1.82, 2.24) is 0 Å². The lowest BCUT2D eigenvalue weighted by molar-refractivity contribution is -0.137. The average molecular weight is 492 g/mol. The topological polar surface area (TPSA) is 51.1 Å². The van der Waals surface area contributed by atoms with Gasteiger partial charge < -0.3 is 9.47 Å². The molecule has 1 heterocycles. The number of anilines is 1. The second-order valence-corrected chi connectivity index (χ2v) is 7.78. The van der Waals surface area contributed by atoms with Gasteiger partial charge in [0.15, 0.2) is 11.5 Å². The van der Waals surface area contributed by atoms with Gasteiger partial charge in [-0.15, -0.1) is 0 Å². The van der Waals surface area contributed by atoms with Crippen molar-refractivity contribution in [1.29, 1.82) is 0 Å². The van der Waals surface area contributed by atoms with Crippen molar-refractivity contribution in [3.63, 3.8) is 0 Å². The number of hydrogen-bond acceptors (Lipinski definition) is 4. The van der Waals surface area contributed by atoms with E-state index >= 15 is 0 Å². The highest BCUT2D eigenvalue weighted by atomic mass is 19.4. The summed E-state index contributed by atoms with van der Waals surface area (Å²) in [5, 5.41) is 5.42. The van der Waals surface area contributed by atoms with Crippen LogP contribution in [-0.2, 0) is 11.0 Å². The molecular weight excluding hydrogens is 469 g/mol. The van der Waals surface area contributed by atoms with Crippen LogP contribution in [-0.4, -0.2) is 24.8 Å². The molecule has 0 saturated heterocycles. The fourth-order valence-electron chi connectivity index (χ4n) is 3.66. The Balaban J connectivity index is 1.78. The molecule has 3 aromatic carbocycles. The van der Waals surface area contributed by atoms with E-state index in [1.807, 2.05) is 13.0 Å². The van der Waals surface area contributed by atoms with E-state index in [1.165, 1.54) is 12.1 Å². The van der Waals surface area contributed by atoms with Gasteiger partial charge in [-0.05, 0) is 48.9 Å². The van der Waals surface area contributed by atoms with Crippen LogP contribution in [0.1, 0.15) is 23.6 Å². The largest absolute Gasteiger partial charge is 0.490 e. The molecule has 0 N–H and O–H groups in total. The lowest BCUT2D eigenvalue weighted by atomic mass is 10.00. The molecule has 1 aliphatic heterocycles. The number of carbonyl (C=O) groups is 1. The fourth-order valence-corrected chi connectivity index (χ4v) is 3.66. The third kappa shape index (κ3) is 5.33. The predicted molar refractivity (Wildman–Crippen MR) is 133 cm³/mol. The first-order valence-corrected chi connectivity index (χ1v) is 11.2. The summed E-state index contributed by atoms with van der Waals surface area (Å²) in [6, 6.07) is 18.7. The van der Waals surface area contributed by atoms with Crippen molar-refractivity contribution in [2.45, 2.75) is 13.1 Å². The Morgan fingerprint density at radius 2 is 1.75 bits per heavy atom. The van der Waals surface area contributed by atoms with Crippen molar-refractivity contribution in [2.24, 2.45) is 5.10 Å². The first-order chi connectivity index (χ1) is 17.3. The molecule has 5 nitrogen and oxygen atoms in total. The zero-order chi connectivity index (χ0) is 25.7. The highest BCUT2D eigenvalue weighted by Crippen LogP contribution is 2.35. The molecule has 0 spiro atoms. The Kier molecular flexibility index (Phi) is 7.24. The zero-order valence-corrected chi connectivity index (χ0v) is 19.5. The van der Waals surface area contributed by atoms with Crippen molar-refractivity contribution in [3.05, 3.63) is 108 Å². The molecule has 4 rings (SSSR count). The number of hydrazone groups is 1. The maximum absolute atomic E-state index is 13.5. The summed E-state index contributed by atoms with van der Waals surface area (Å²) >= 11 is 0. The minimum Gasteiger partial charge on any atom is -0.490 e. The van der Waals surface area contributed by atoms with E-state index in [4.69, 9.17) is 9.47 Å². The van der Waals surface area contributed by atoms with Gasteiger partial charge in [0.05, 0.1) is 23.4 Å². The normalized spacial score (nSPS) is 14.7. The standard InChI is InChI=1S/C28H23F3N2O3/c1-3-15-36-24-14-13-19(17-25(24)35-4-2)16-23-26(20-9-6-5-7-10-20)32-33(27(23)34)22-12-8-11-21(18-22)28(29,30)31/h3,5-14,16-18H,1,4,15H2,2H3/b23-16-. The fraction of sp³-hybridized carbons (Fsp3) is 0.143. The van der Waals surface area contributed by atoms with Crippen LogP contribution < -0.4 is 14.5 Å². The minimum atomic E-state index is -4.55. The van der Waals surface area contributed by atoms with E-state index < -0.39 is 17.6 Å². The van der Waals surface area contributed by atoms with Crippen LogP contribution in [0.4, 0.5) is 18.9 Å². The van der Waals surface area contributed by atoms with Crippen molar-refractivity contribution < 1.29 is 27.4 Å². The molecule has 36 heavy (non-hydrogen) atoms. The van der Waals surface area contributed by atoms with Crippen LogP contribution >= 0.6 is 0 Å². The quantitative estimate of drug-likeness (QED) is 0.266. The van der Waals surface area contributed by atoms with Crippen LogP contribution in [0, 0.1) is 0 Å². The number of halogens is 3. The highest BCUT2D eigenvalue weighted by molar-refractivity contribution is 6.37. The molecule has 0 saturated carbocycles. The Morgan fingerprint density at radius 1 is 0.972 bits per heavy atom. The van der Waals surface area contributed by atoms with Gasteiger partial charge in [0.1, 0.15) is 12.3 Å². The van der Waals surface area contributed by atoms with Crippen LogP contribution in [0.2, 0.25) is 0 Å². The SMILES string of the molecule is C=CCOc1ccc(/C=C2\C(=O)N(c3cccc(C(F)(F)F)c3)N=C2c2ccccc2)cc1OCC. The molecule has 0 aromatic heterocycles. The number of rotatable bonds is 8. The number of nitrogens with zero attached hydrogens (tertiary/aromatic N) is 2. The molecule has 184 valence electrons. The Labute approximate surface area is 206 Å². The molecule has 0 radical (unpaired) electrons. The predicted octanol–water partition coefficient (Wildman–Crippen LogP) is 6.50. The average Bonchev–Trinajstić information content (AvgIpc) is 3.19. The summed E-state index contributed by atoms with van der Waals surface area (Å²) in [5.41, 5.74) is 1.04. The lowest BCUT2D eigenvalue weighted by Crippen LogP contribution is -2.22. The Bertz CT molecular complexity index is 1330. The maximum Gasteiger partial charge on any atom is 0.416 e. The summed E-state index contributed by atoms with van der Waals surface area (Å²) in [5.74, 6) is 0.476. The van der Waals surface area contributed by atoms with E-state index in [-0.39, 0.29) is 11.3 Å². The summed E-state index contributed by atoms with van der Waals surface area (Å²) in [4.78, 5) is 13.5. The smallest absolute Gasteiger partial charge is 0.416 e. The number of alkyl halides is 3. The van der Waals surface area contributed by atoms with Gasteiger partial charge in [0, 0.05) is 5.56 Å². The third-order valence-electron chi connectivity index (χ3n) is 5.28. The monoisotopic (exact) mass is 492 g/mol. The number of carbonyl (C=O) groups excluding carboxylic acids is 1. The van der Waals surface area contributed by atoms with Gasteiger partial charge in [-0.1, -0.05) is 55.1 Å². The van der Waals surface area contributed by atoms with E-state index in [9.17, 15) is 18.0 Å². The molecule has 1 aliphatic rings. The first kappa shape index (κ1) is 24.8. The van der Waals surface area contributed by atoms with E-state index in [0.29, 0.717) is 41.6 Å². The van der Waals surface area contributed by atoms with Gasteiger partial charge in [-0.2, -0.15) is 23.3 Å². The van der Waals surface area contributed by atoms with Crippen molar-refractivity contribution >= 4 is 23.4 Å². The minimum absolute atomic E-state index is 0.0230. The molecule has 1 amide bonds. The number of ether oxygens (including phenoxy) is 2. The van der Waals surface area contributed by atoms with E-state index in [2.05, 4.69) is 11.7 Å². The Morgan fingerprint density at radius 3 is 2.44 bits per heavy atom. The molecule has 0 bridgehead atoms. The van der Waals surface area contributed by atoms with E-state index in [1.54, 1.807) is 54.6 Å². The van der Waals surface area contributed by atoms with E-state index in [0.717, 1.165) is 17.1 Å². The number of amides is 1. The van der Waals surface area contributed by atoms with Crippen LogP contribution in [0.5, 0.6) is 11.5 Å². The molecule has 0 atom stereocenters. The van der Waals surface area contributed by atoms with Crippen LogP contribution in [0.25, 0.3) is 6.08 Å². The second kappa shape index (κ2) is 10.5. The summed E-state index contributed by atoms with van der Waals surface area (Å²) in [7, 11) is 0. The third-order valence-corrected chi connectivity index (χ3v) is 5.28.